The molecule has 2 rings (SSSR count). The summed E-state index contributed by atoms with van der Waals surface area (Å²) >= 11 is 5.67. The molecule has 0 heterocycles. The van der Waals surface area contributed by atoms with E-state index in [2.05, 4.69) is 4.72 Å². The predicted octanol–water partition coefficient (Wildman–Crippen LogP) is 3.25. The highest BCUT2D eigenvalue weighted by atomic mass is 35.5. The van der Waals surface area contributed by atoms with E-state index in [0.29, 0.717) is 0 Å². The maximum absolute atomic E-state index is 12.4. The monoisotopic (exact) mass is 354 g/mol. The Balaban J connectivity index is 2.47. The van der Waals surface area contributed by atoms with Gasteiger partial charge in [0, 0.05) is 11.6 Å². The van der Waals surface area contributed by atoms with Crippen molar-refractivity contribution < 1.29 is 18.1 Å². The van der Waals surface area contributed by atoms with Crippen molar-refractivity contribution >= 4 is 38.8 Å². The Kier molecular flexibility index (Phi) is 4.67. The Morgan fingerprint density at radius 1 is 1.22 bits per heavy atom. The molecule has 0 atom stereocenters. The highest BCUT2D eigenvalue weighted by Crippen LogP contribution is 2.28. The smallest absolute Gasteiger partial charge is 0.289 e. The molecule has 0 saturated carbocycles. The van der Waals surface area contributed by atoms with Gasteiger partial charge in [-0.2, -0.15) is 0 Å². The molecule has 0 aliphatic heterocycles. The van der Waals surface area contributed by atoms with Crippen LogP contribution >= 0.6 is 11.6 Å². The highest BCUT2D eigenvalue weighted by Gasteiger charge is 2.22. The van der Waals surface area contributed by atoms with Crippen molar-refractivity contribution in [2.45, 2.75) is 11.8 Å². The lowest BCUT2D eigenvalue weighted by Gasteiger charge is -2.11. The molecule has 0 aromatic heterocycles. The number of nitro benzene ring substituents is 1. The summed E-state index contributed by atoms with van der Waals surface area (Å²) in [6.45, 7) is 1.31. The average Bonchev–Trinajstić information content (AvgIpc) is 2.47. The maximum atomic E-state index is 12.4. The average molecular weight is 355 g/mol. The number of ketones is 1. The second-order valence-corrected chi connectivity index (χ2v) is 6.67. The number of benzene rings is 2. The van der Waals surface area contributed by atoms with Crippen LogP contribution < -0.4 is 4.72 Å². The number of nitrogens with one attached hydrogen (secondary N) is 1. The molecule has 0 amide bonds. The predicted molar refractivity (Wildman–Crippen MR) is 85.4 cm³/mol. The van der Waals surface area contributed by atoms with Crippen LogP contribution in [0.2, 0.25) is 5.02 Å². The summed E-state index contributed by atoms with van der Waals surface area (Å²) in [6.07, 6.45) is 0. The van der Waals surface area contributed by atoms with Gasteiger partial charge in [-0.15, -0.1) is 0 Å². The zero-order chi connectivity index (χ0) is 17.2. The van der Waals surface area contributed by atoms with Gasteiger partial charge in [0.15, 0.2) is 5.78 Å². The molecular weight excluding hydrogens is 344 g/mol. The fourth-order valence-corrected chi connectivity index (χ4v) is 3.17. The molecule has 7 nitrogen and oxygen atoms in total. The fraction of sp³-hybridized carbons (Fsp3) is 0.0714. The zero-order valence-electron chi connectivity index (χ0n) is 11.8. The molecule has 0 radical (unpaired) electrons. The molecule has 0 fully saturated rings. The number of Topliss-reactive ketones (excluding diaryl/α,β-unsaturated/α-hetero) is 1. The number of nitrogens with zero attached hydrogens (tertiary/aromatic N) is 1. The largest absolute Gasteiger partial charge is 0.294 e. The van der Waals surface area contributed by atoms with Gasteiger partial charge in [-0.1, -0.05) is 23.7 Å². The Morgan fingerprint density at radius 3 is 2.48 bits per heavy atom. The lowest BCUT2D eigenvalue weighted by atomic mass is 10.1. The SMILES string of the molecule is CC(=O)c1ccccc1NS(=O)(=O)c1ccc(Cl)c([N+](=O)[O-])c1. The summed E-state index contributed by atoms with van der Waals surface area (Å²) < 4.78 is 27.0. The van der Waals surface area contributed by atoms with Crippen LogP contribution in [0, 0.1) is 10.1 Å². The molecule has 23 heavy (non-hydrogen) atoms. The van der Waals surface area contributed by atoms with E-state index in [4.69, 9.17) is 11.6 Å². The van der Waals surface area contributed by atoms with E-state index in [1.54, 1.807) is 12.1 Å². The third-order valence-corrected chi connectivity index (χ3v) is 4.66. The van der Waals surface area contributed by atoms with E-state index >= 15 is 0 Å². The van der Waals surface area contributed by atoms with Gasteiger partial charge in [0.2, 0.25) is 0 Å². The Hall–Kier alpha value is -2.45. The summed E-state index contributed by atoms with van der Waals surface area (Å²) in [5, 5.41) is 10.7. The third-order valence-electron chi connectivity index (χ3n) is 2.98. The number of para-hydroxylation sites is 1. The molecule has 0 aliphatic rings. The molecule has 0 saturated heterocycles. The van der Waals surface area contributed by atoms with Gasteiger partial charge in [-0.05, 0) is 31.2 Å². The van der Waals surface area contributed by atoms with Gasteiger partial charge in [0.1, 0.15) is 5.02 Å². The minimum absolute atomic E-state index is 0.0950. The van der Waals surface area contributed by atoms with Crippen LogP contribution in [0.1, 0.15) is 17.3 Å². The van der Waals surface area contributed by atoms with E-state index in [9.17, 15) is 23.3 Å². The Morgan fingerprint density at radius 2 is 1.87 bits per heavy atom. The topological polar surface area (TPSA) is 106 Å². The number of halogens is 1. The van der Waals surface area contributed by atoms with Gasteiger partial charge in [0.25, 0.3) is 15.7 Å². The number of anilines is 1. The maximum Gasteiger partial charge on any atom is 0.289 e. The van der Waals surface area contributed by atoms with Crippen molar-refractivity contribution in [3.63, 3.8) is 0 Å². The molecule has 0 unspecified atom stereocenters. The lowest BCUT2D eigenvalue weighted by molar-refractivity contribution is -0.384. The number of carbonyl (C=O) groups excluding carboxylic acids is 1. The van der Waals surface area contributed by atoms with E-state index in [-0.39, 0.29) is 27.0 Å². The molecule has 9 heteroatoms. The van der Waals surface area contributed by atoms with Crippen LogP contribution in [-0.4, -0.2) is 19.1 Å². The van der Waals surface area contributed by atoms with Crippen molar-refractivity contribution in [1.82, 2.24) is 0 Å². The van der Waals surface area contributed by atoms with E-state index in [0.717, 1.165) is 18.2 Å². The van der Waals surface area contributed by atoms with Crippen LogP contribution in [0.3, 0.4) is 0 Å². The standard InChI is InChI=1S/C14H11ClN2O5S/c1-9(18)11-4-2-3-5-13(11)16-23(21,22)10-6-7-12(15)14(8-10)17(19)20/h2-8,16H,1H3. The quantitative estimate of drug-likeness (QED) is 0.504. The van der Waals surface area contributed by atoms with Crippen molar-refractivity contribution in [1.29, 1.82) is 0 Å². The first-order valence-corrected chi connectivity index (χ1v) is 8.15. The first-order valence-electron chi connectivity index (χ1n) is 6.29. The minimum atomic E-state index is -4.11. The highest BCUT2D eigenvalue weighted by molar-refractivity contribution is 7.92. The van der Waals surface area contributed by atoms with Crippen LogP contribution in [0.15, 0.2) is 47.4 Å². The number of rotatable bonds is 5. The first kappa shape index (κ1) is 16.9. The number of sulfonamides is 1. The normalized spacial score (nSPS) is 11.0. The van der Waals surface area contributed by atoms with Crippen molar-refractivity contribution in [3.8, 4) is 0 Å². The summed E-state index contributed by atoms with van der Waals surface area (Å²) in [5.74, 6) is -0.314. The van der Waals surface area contributed by atoms with Crippen LogP contribution in [0.5, 0.6) is 0 Å². The van der Waals surface area contributed by atoms with E-state index < -0.39 is 20.6 Å². The third kappa shape index (κ3) is 3.66. The second-order valence-electron chi connectivity index (χ2n) is 4.58. The first-order chi connectivity index (χ1) is 10.7. The number of hydrogen-bond acceptors (Lipinski definition) is 5. The minimum Gasteiger partial charge on any atom is -0.294 e. The fourth-order valence-electron chi connectivity index (χ4n) is 1.88. The summed E-state index contributed by atoms with van der Waals surface area (Å²) in [5.41, 5.74) is -0.230. The lowest BCUT2D eigenvalue weighted by Crippen LogP contribution is -2.15. The van der Waals surface area contributed by atoms with Gasteiger partial charge in [-0.25, -0.2) is 8.42 Å². The van der Waals surface area contributed by atoms with Crippen LogP contribution in [-0.2, 0) is 10.0 Å². The van der Waals surface area contributed by atoms with Gasteiger partial charge in [0.05, 0.1) is 15.5 Å². The Labute approximate surface area is 137 Å². The van der Waals surface area contributed by atoms with Crippen molar-refractivity contribution in [3.05, 3.63) is 63.2 Å². The van der Waals surface area contributed by atoms with Crippen molar-refractivity contribution in [2.24, 2.45) is 0 Å². The molecule has 0 bridgehead atoms. The van der Waals surface area contributed by atoms with Gasteiger partial charge >= 0.3 is 0 Å². The molecule has 0 aliphatic carbocycles. The number of hydrogen-bond donors (Lipinski definition) is 1. The van der Waals surface area contributed by atoms with Crippen LogP contribution in [0.25, 0.3) is 0 Å². The summed E-state index contributed by atoms with van der Waals surface area (Å²) in [4.78, 5) is 21.3. The number of nitro groups is 1. The van der Waals surface area contributed by atoms with Crippen LogP contribution in [0.4, 0.5) is 11.4 Å². The number of carbonyl (C=O) groups is 1. The molecule has 2 aromatic rings. The molecule has 120 valence electrons. The second kappa shape index (κ2) is 6.35. The van der Waals surface area contributed by atoms with Gasteiger partial charge in [-0.3, -0.25) is 19.6 Å². The zero-order valence-corrected chi connectivity index (χ0v) is 13.4. The molecule has 2 aromatic carbocycles. The van der Waals surface area contributed by atoms with Gasteiger partial charge < -0.3 is 0 Å². The molecular formula is C14H11ClN2O5S. The Bertz CT molecular complexity index is 896. The summed E-state index contributed by atoms with van der Waals surface area (Å²) in [6, 6.07) is 9.21. The van der Waals surface area contributed by atoms with E-state index in [1.165, 1.54) is 19.1 Å². The molecule has 1 N–H and O–H groups in total. The summed E-state index contributed by atoms with van der Waals surface area (Å²) in [7, 11) is -4.11. The molecule has 0 spiro atoms. The van der Waals surface area contributed by atoms with E-state index in [1.807, 2.05) is 0 Å². The van der Waals surface area contributed by atoms with Crippen molar-refractivity contribution in [2.75, 3.05) is 4.72 Å².